The van der Waals surface area contributed by atoms with E-state index in [0.717, 1.165) is 38.5 Å². The van der Waals surface area contributed by atoms with E-state index in [9.17, 15) is 23.6 Å². The summed E-state index contributed by atoms with van der Waals surface area (Å²) in [6.45, 7) is 10.1. The Morgan fingerprint density at radius 1 is 1.00 bits per heavy atom. The standard InChI is InChI=1S/C29H45N7O4S/c1-6-12-23(31)20(8-3)17-36(18-21(9-4)24(32)13-7-2)41(39,40)26-15-11-10-14-25(26)34-35-27-19(5)22(16-30)28(37)33-29(27)38/h10-11,14-15,20-21,23-24H,6-9,12-13,17-18,31-32H2,1-5H3,(H2,33,37,38). The fourth-order valence-electron chi connectivity index (χ4n) is 5.02. The number of aromatic nitrogens is 1. The van der Waals surface area contributed by atoms with Crippen molar-refractivity contribution in [2.75, 3.05) is 13.1 Å². The van der Waals surface area contributed by atoms with Crippen molar-refractivity contribution in [3.05, 3.63) is 45.7 Å². The minimum absolute atomic E-state index is 0.0414. The zero-order chi connectivity index (χ0) is 30.7. The molecule has 0 fully saturated rings. The molecule has 2 rings (SSSR count). The number of sulfonamides is 1. The van der Waals surface area contributed by atoms with Crippen molar-refractivity contribution in [3.8, 4) is 11.9 Å². The van der Waals surface area contributed by atoms with Crippen LogP contribution in [0.25, 0.3) is 0 Å². The maximum Gasteiger partial charge on any atom is 0.278 e. The van der Waals surface area contributed by atoms with Gasteiger partial charge in [-0.2, -0.15) is 9.57 Å². The molecule has 0 aliphatic carbocycles. The van der Waals surface area contributed by atoms with E-state index >= 15 is 0 Å². The predicted octanol–water partition coefficient (Wildman–Crippen LogP) is 4.97. The molecule has 0 bridgehead atoms. The lowest BCUT2D eigenvalue weighted by Crippen LogP contribution is -2.46. The van der Waals surface area contributed by atoms with Crippen LogP contribution in [-0.2, 0) is 10.0 Å². The summed E-state index contributed by atoms with van der Waals surface area (Å²) in [4.78, 5) is 14.6. The zero-order valence-electron chi connectivity index (χ0n) is 24.8. The third-order valence-corrected chi connectivity index (χ3v) is 9.53. The van der Waals surface area contributed by atoms with Crippen LogP contribution in [0.5, 0.6) is 5.88 Å². The van der Waals surface area contributed by atoms with Gasteiger partial charge < -0.3 is 16.6 Å². The molecule has 4 atom stereocenters. The first-order chi connectivity index (χ1) is 19.5. The highest BCUT2D eigenvalue weighted by Gasteiger charge is 2.33. The topological polar surface area (TPSA) is 191 Å². The van der Waals surface area contributed by atoms with Gasteiger partial charge in [-0.1, -0.05) is 65.5 Å². The summed E-state index contributed by atoms with van der Waals surface area (Å²) in [7, 11) is -4.09. The summed E-state index contributed by atoms with van der Waals surface area (Å²) >= 11 is 0. The number of aromatic amines is 1. The number of nitrogens with two attached hydrogens (primary N) is 2. The quantitative estimate of drug-likeness (QED) is 0.199. The minimum Gasteiger partial charge on any atom is -0.494 e. The summed E-state index contributed by atoms with van der Waals surface area (Å²) in [6.07, 6.45) is 4.81. The molecule has 6 N–H and O–H groups in total. The largest absolute Gasteiger partial charge is 0.494 e. The number of nitrogens with zero attached hydrogens (tertiary/aromatic N) is 4. The molecule has 1 aromatic heterocycles. The molecule has 12 heteroatoms. The molecule has 4 unspecified atom stereocenters. The van der Waals surface area contributed by atoms with Gasteiger partial charge in [0.2, 0.25) is 15.9 Å². The lowest BCUT2D eigenvalue weighted by Gasteiger charge is -2.34. The van der Waals surface area contributed by atoms with Crippen molar-refractivity contribution in [3.63, 3.8) is 0 Å². The van der Waals surface area contributed by atoms with E-state index in [-0.39, 0.29) is 64.4 Å². The third kappa shape index (κ3) is 8.45. The first-order valence-electron chi connectivity index (χ1n) is 14.3. The van der Waals surface area contributed by atoms with Crippen LogP contribution < -0.4 is 17.0 Å². The second-order valence-electron chi connectivity index (χ2n) is 10.5. The molecule has 0 amide bonds. The van der Waals surface area contributed by atoms with Crippen LogP contribution >= 0.6 is 0 Å². The van der Waals surface area contributed by atoms with Gasteiger partial charge in [-0.05, 0) is 43.7 Å². The van der Waals surface area contributed by atoms with Crippen molar-refractivity contribution in [1.82, 2.24) is 9.29 Å². The number of H-pyrrole nitrogens is 1. The van der Waals surface area contributed by atoms with Gasteiger partial charge in [0.15, 0.2) is 5.69 Å². The number of pyridine rings is 1. The molecule has 2 aromatic rings. The van der Waals surface area contributed by atoms with Gasteiger partial charge in [0.25, 0.3) is 5.56 Å². The van der Waals surface area contributed by atoms with E-state index in [1.165, 1.54) is 23.4 Å². The Kier molecular flexibility index (Phi) is 13.1. The lowest BCUT2D eigenvalue weighted by atomic mass is 9.92. The van der Waals surface area contributed by atoms with Crippen LogP contribution in [0.15, 0.2) is 44.2 Å². The molecular formula is C29H45N7O4S. The summed E-state index contributed by atoms with van der Waals surface area (Å²) < 4.78 is 30.1. The normalized spacial score (nSPS) is 15.1. The van der Waals surface area contributed by atoms with E-state index in [2.05, 4.69) is 29.1 Å². The molecule has 11 nitrogen and oxygen atoms in total. The fraction of sp³-hybridized carbons (Fsp3) is 0.586. The van der Waals surface area contributed by atoms with E-state index in [1.54, 1.807) is 12.1 Å². The Balaban J connectivity index is 2.62. The summed E-state index contributed by atoms with van der Waals surface area (Å²) in [5.74, 6) is -0.673. The van der Waals surface area contributed by atoms with Crippen LogP contribution in [0.2, 0.25) is 0 Å². The Hall–Kier alpha value is -3.11. The number of aromatic hydroxyl groups is 1. The second kappa shape index (κ2) is 15.8. The van der Waals surface area contributed by atoms with Crippen LogP contribution in [-0.4, -0.2) is 48.0 Å². The first-order valence-corrected chi connectivity index (χ1v) is 15.8. The molecule has 1 heterocycles. The van der Waals surface area contributed by atoms with Gasteiger partial charge in [-0.3, -0.25) is 9.78 Å². The maximum atomic E-state index is 14.3. The van der Waals surface area contributed by atoms with Gasteiger partial charge in [0.05, 0.1) is 0 Å². The van der Waals surface area contributed by atoms with Gasteiger partial charge >= 0.3 is 0 Å². The number of hydrogen-bond donors (Lipinski definition) is 4. The molecule has 0 aliphatic heterocycles. The lowest BCUT2D eigenvalue weighted by molar-refractivity contribution is 0.242. The van der Waals surface area contributed by atoms with Gasteiger partial charge in [-0.15, -0.1) is 10.2 Å². The number of nitriles is 1. The Bertz CT molecular complexity index is 1360. The van der Waals surface area contributed by atoms with E-state index < -0.39 is 21.5 Å². The van der Waals surface area contributed by atoms with Crippen LogP contribution in [0.1, 0.15) is 77.3 Å². The average Bonchev–Trinajstić information content (AvgIpc) is 2.93. The second-order valence-corrected chi connectivity index (χ2v) is 12.4. The Morgan fingerprint density at radius 2 is 1.54 bits per heavy atom. The van der Waals surface area contributed by atoms with Crippen LogP contribution in [0.4, 0.5) is 11.4 Å². The van der Waals surface area contributed by atoms with Crippen LogP contribution in [0, 0.1) is 30.1 Å². The van der Waals surface area contributed by atoms with Gasteiger partial charge in [0.1, 0.15) is 22.2 Å². The fourth-order valence-corrected chi connectivity index (χ4v) is 6.70. The van der Waals surface area contributed by atoms with Crippen molar-refractivity contribution in [1.29, 1.82) is 5.26 Å². The first kappa shape index (κ1) is 34.1. The predicted molar refractivity (Wildman–Crippen MR) is 161 cm³/mol. The molecule has 41 heavy (non-hydrogen) atoms. The smallest absolute Gasteiger partial charge is 0.278 e. The van der Waals surface area contributed by atoms with Gasteiger partial charge in [-0.25, -0.2) is 8.42 Å². The van der Waals surface area contributed by atoms with Gasteiger partial charge in [0, 0.05) is 30.7 Å². The summed E-state index contributed by atoms with van der Waals surface area (Å²) in [5.41, 5.74) is 12.1. The molecule has 0 radical (unpaired) electrons. The molecule has 1 aromatic carbocycles. The summed E-state index contributed by atoms with van der Waals surface area (Å²) in [6, 6.07) is 7.72. The highest BCUT2D eigenvalue weighted by Crippen LogP contribution is 2.32. The van der Waals surface area contributed by atoms with E-state index in [0.29, 0.717) is 0 Å². The zero-order valence-corrected chi connectivity index (χ0v) is 25.6. The minimum atomic E-state index is -4.09. The maximum absolute atomic E-state index is 14.3. The Morgan fingerprint density at radius 3 is 2.02 bits per heavy atom. The monoisotopic (exact) mass is 587 g/mol. The SMILES string of the molecule is CCCC(N)C(CC)CN(CC(CC)C(N)CCC)S(=O)(=O)c1ccccc1N=Nc1c(C)c(C#N)c(O)[nH]c1=O. The molecular weight excluding hydrogens is 542 g/mol. The van der Waals surface area contributed by atoms with Crippen molar-refractivity contribution >= 4 is 21.4 Å². The molecule has 0 saturated heterocycles. The third-order valence-electron chi connectivity index (χ3n) is 7.65. The molecule has 0 spiro atoms. The van der Waals surface area contributed by atoms with Crippen molar-refractivity contribution < 1.29 is 13.5 Å². The highest BCUT2D eigenvalue weighted by atomic mass is 32.2. The number of nitrogens with one attached hydrogen (secondary N) is 1. The number of azo groups is 1. The summed E-state index contributed by atoms with van der Waals surface area (Å²) in [5, 5.41) is 27.4. The molecule has 0 aliphatic rings. The Labute approximate surface area is 243 Å². The average molecular weight is 588 g/mol. The van der Waals surface area contributed by atoms with E-state index in [1.807, 2.05) is 19.9 Å². The van der Waals surface area contributed by atoms with Crippen molar-refractivity contribution in [2.24, 2.45) is 33.5 Å². The highest BCUT2D eigenvalue weighted by molar-refractivity contribution is 7.89. The number of hydrogen-bond acceptors (Lipinski definition) is 9. The number of rotatable bonds is 16. The van der Waals surface area contributed by atoms with Crippen molar-refractivity contribution in [2.45, 2.75) is 90.1 Å². The van der Waals surface area contributed by atoms with E-state index in [4.69, 9.17) is 11.5 Å². The number of benzene rings is 1. The van der Waals surface area contributed by atoms with Crippen LogP contribution in [0.3, 0.4) is 0 Å². The molecule has 0 saturated carbocycles. The molecule has 226 valence electrons.